The Morgan fingerprint density at radius 3 is 2.83 bits per heavy atom. The highest BCUT2D eigenvalue weighted by atomic mass is 32.2. The number of hydrogen-bond acceptors (Lipinski definition) is 6. The fraction of sp³-hybridized carbons (Fsp3) is 0.533. The van der Waals surface area contributed by atoms with Gasteiger partial charge in [-0.1, -0.05) is 0 Å². The fourth-order valence-corrected chi connectivity index (χ4v) is 4.85. The third-order valence-corrected chi connectivity index (χ3v) is 5.88. The Hall–Kier alpha value is -1.74. The lowest BCUT2D eigenvalue weighted by atomic mass is 10.1. The van der Waals surface area contributed by atoms with E-state index < -0.39 is 18.0 Å². The first-order chi connectivity index (χ1) is 11.5. The van der Waals surface area contributed by atoms with Crippen LogP contribution in [0.3, 0.4) is 0 Å². The van der Waals surface area contributed by atoms with Crippen molar-refractivity contribution in [2.75, 3.05) is 24.2 Å². The average Bonchev–Trinajstić information content (AvgIpc) is 2.89. The van der Waals surface area contributed by atoms with Gasteiger partial charge in [0.2, 0.25) is 0 Å². The highest BCUT2D eigenvalue weighted by molar-refractivity contribution is 8.01. The van der Waals surface area contributed by atoms with Crippen LogP contribution >= 0.6 is 23.1 Å². The van der Waals surface area contributed by atoms with Crippen LogP contribution in [-0.4, -0.2) is 42.0 Å². The molecule has 1 aliphatic rings. The summed E-state index contributed by atoms with van der Waals surface area (Å²) in [6.45, 7) is 2.28. The van der Waals surface area contributed by atoms with Crippen molar-refractivity contribution in [1.29, 1.82) is 0 Å². The molecule has 0 radical (unpaired) electrons. The Bertz CT molecular complexity index is 630. The predicted molar refractivity (Wildman–Crippen MR) is 93.2 cm³/mol. The van der Waals surface area contributed by atoms with Gasteiger partial charge >= 0.3 is 18.0 Å². The number of urea groups is 1. The number of ether oxygens (including phenoxy) is 1. The zero-order valence-electron chi connectivity index (χ0n) is 13.3. The molecule has 2 rings (SSSR count). The topological polar surface area (TPSA) is 105 Å². The maximum atomic E-state index is 12.3. The Morgan fingerprint density at radius 2 is 2.12 bits per heavy atom. The Balaban J connectivity index is 2.05. The van der Waals surface area contributed by atoms with E-state index in [0.717, 1.165) is 28.4 Å². The van der Waals surface area contributed by atoms with Gasteiger partial charge in [-0.05, 0) is 37.5 Å². The number of aliphatic carboxylic acids is 1. The van der Waals surface area contributed by atoms with Gasteiger partial charge in [0, 0.05) is 13.0 Å². The van der Waals surface area contributed by atoms with Gasteiger partial charge in [-0.2, -0.15) is 0 Å². The minimum atomic E-state index is -0.898. The van der Waals surface area contributed by atoms with Gasteiger partial charge in [0.15, 0.2) is 0 Å². The SMILES string of the molecule is CCOC(=O)c1c(NC(=O)NCCCC(=O)O)sc2c1CCCS2. The van der Waals surface area contributed by atoms with Crippen LogP contribution in [0.2, 0.25) is 0 Å². The molecule has 0 saturated heterocycles. The molecule has 7 nitrogen and oxygen atoms in total. The molecule has 0 atom stereocenters. The van der Waals surface area contributed by atoms with Crippen LogP contribution in [0.1, 0.15) is 42.1 Å². The first-order valence-electron chi connectivity index (χ1n) is 7.75. The Kier molecular flexibility index (Phi) is 6.92. The minimum Gasteiger partial charge on any atom is -0.481 e. The molecule has 2 heterocycles. The second-order valence-corrected chi connectivity index (χ2v) is 7.51. The fourth-order valence-electron chi connectivity index (χ4n) is 2.30. The van der Waals surface area contributed by atoms with Crippen LogP contribution in [-0.2, 0) is 16.0 Å². The lowest BCUT2D eigenvalue weighted by Crippen LogP contribution is -2.30. The van der Waals surface area contributed by atoms with Crippen molar-refractivity contribution in [3.8, 4) is 0 Å². The molecule has 132 valence electrons. The third-order valence-electron chi connectivity index (χ3n) is 3.33. The van der Waals surface area contributed by atoms with Crippen molar-refractivity contribution in [1.82, 2.24) is 5.32 Å². The van der Waals surface area contributed by atoms with Crippen molar-refractivity contribution in [2.24, 2.45) is 0 Å². The summed E-state index contributed by atoms with van der Waals surface area (Å²) in [4.78, 5) is 34.7. The number of nitrogens with one attached hydrogen (secondary N) is 2. The molecule has 2 amide bonds. The summed E-state index contributed by atoms with van der Waals surface area (Å²) in [6, 6.07) is -0.450. The second-order valence-electron chi connectivity index (χ2n) is 5.12. The number of thioether (sulfide) groups is 1. The number of thiophene rings is 1. The molecule has 0 aromatic carbocycles. The summed E-state index contributed by atoms with van der Waals surface area (Å²) in [7, 11) is 0. The maximum absolute atomic E-state index is 12.3. The molecule has 1 aliphatic heterocycles. The molecule has 3 N–H and O–H groups in total. The van der Waals surface area contributed by atoms with Crippen molar-refractivity contribution in [3.63, 3.8) is 0 Å². The first kappa shape index (κ1) is 18.6. The van der Waals surface area contributed by atoms with Crippen LogP contribution < -0.4 is 10.6 Å². The molecule has 1 aromatic heterocycles. The van der Waals surface area contributed by atoms with Crippen molar-refractivity contribution in [3.05, 3.63) is 11.1 Å². The summed E-state index contributed by atoms with van der Waals surface area (Å²) in [6.07, 6.45) is 2.14. The van der Waals surface area contributed by atoms with Gasteiger partial charge in [0.05, 0.1) is 16.4 Å². The van der Waals surface area contributed by atoms with Gasteiger partial charge in [-0.3, -0.25) is 10.1 Å². The smallest absolute Gasteiger partial charge is 0.341 e. The third kappa shape index (κ3) is 4.88. The van der Waals surface area contributed by atoms with Crippen LogP contribution in [0.4, 0.5) is 9.80 Å². The van der Waals surface area contributed by atoms with E-state index in [1.165, 1.54) is 11.3 Å². The van der Waals surface area contributed by atoms with Crippen molar-refractivity contribution < 1.29 is 24.2 Å². The normalized spacial score (nSPS) is 13.0. The van der Waals surface area contributed by atoms with Gasteiger partial charge in [0.25, 0.3) is 0 Å². The predicted octanol–water partition coefficient (Wildman–Crippen LogP) is 2.95. The van der Waals surface area contributed by atoms with Crippen LogP contribution in [0, 0.1) is 0 Å². The Labute approximate surface area is 148 Å². The number of anilines is 1. The lowest BCUT2D eigenvalue weighted by Gasteiger charge is -2.12. The minimum absolute atomic E-state index is 0.00169. The molecule has 0 unspecified atom stereocenters. The monoisotopic (exact) mass is 372 g/mol. The quantitative estimate of drug-likeness (QED) is 0.502. The first-order valence-corrected chi connectivity index (χ1v) is 9.55. The zero-order valence-corrected chi connectivity index (χ0v) is 15.0. The average molecular weight is 372 g/mol. The number of fused-ring (bicyclic) bond motifs is 1. The Morgan fingerprint density at radius 1 is 1.33 bits per heavy atom. The van der Waals surface area contributed by atoms with E-state index in [2.05, 4.69) is 10.6 Å². The highest BCUT2D eigenvalue weighted by Crippen LogP contribution is 2.43. The number of carbonyl (C=O) groups excluding carboxylic acids is 2. The van der Waals surface area contributed by atoms with E-state index >= 15 is 0 Å². The number of carbonyl (C=O) groups is 3. The van der Waals surface area contributed by atoms with Gasteiger partial charge in [0.1, 0.15) is 5.00 Å². The van der Waals surface area contributed by atoms with E-state index in [1.54, 1.807) is 18.7 Å². The van der Waals surface area contributed by atoms with Crippen LogP contribution in [0.25, 0.3) is 0 Å². The largest absolute Gasteiger partial charge is 0.481 e. The van der Waals surface area contributed by atoms with E-state index in [9.17, 15) is 14.4 Å². The molecule has 9 heteroatoms. The highest BCUT2D eigenvalue weighted by Gasteiger charge is 2.27. The van der Waals surface area contributed by atoms with E-state index in [0.29, 0.717) is 17.0 Å². The molecule has 24 heavy (non-hydrogen) atoms. The molecule has 0 saturated carbocycles. The summed E-state index contributed by atoms with van der Waals surface area (Å²) < 4.78 is 6.17. The number of rotatable bonds is 7. The maximum Gasteiger partial charge on any atom is 0.341 e. The van der Waals surface area contributed by atoms with Gasteiger partial charge in [-0.15, -0.1) is 23.1 Å². The van der Waals surface area contributed by atoms with Crippen molar-refractivity contribution in [2.45, 2.75) is 36.8 Å². The zero-order chi connectivity index (χ0) is 17.5. The molecule has 1 aromatic rings. The number of hydrogen-bond donors (Lipinski definition) is 3. The van der Waals surface area contributed by atoms with Crippen LogP contribution in [0.5, 0.6) is 0 Å². The summed E-state index contributed by atoms with van der Waals surface area (Å²) in [5, 5.41) is 14.4. The van der Waals surface area contributed by atoms with Gasteiger partial charge in [-0.25, -0.2) is 9.59 Å². The molecular formula is C15H20N2O5S2. The van der Waals surface area contributed by atoms with Crippen LogP contribution in [0.15, 0.2) is 4.21 Å². The molecular weight excluding hydrogens is 352 g/mol. The van der Waals surface area contributed by atoms with E-state index in [1.807, 2.05) is 0 Å². The lowest BCUT2D eigenvalue weighted by molar-refractivity contribution is -0.137. The van der Waals surface area contributed by atoms with Gasteiger partial charge < -0.3 is 15.2 Å². The number of carboxylic acids is 1. The summed E-state index contributed by atoms with van der Waals surface area (Å²) >= 11 is 3.07. The number of amides is 2. The van der Waals surface area contributed by atoms with E-state index in [4.69, 9.17) is 9.84 Å². The standard InChI is InChI=1S/C15H20N2O5S2/c1-2-22-13(20)11-9-5-4-8-23-14(9)24-12(11)17-15(21)16-7-3-6-10(18)19/h2-8H2,1H3,(H,18,19)(H2,16,17,21). The molecule has 0 aliphatic carbocycles. The molecule has 0 fully saturated rings. The number of esters is 1. The number of carboxylic acid groups (broad SMARTS) is 1. The second kappa shape index (κ2) is 8.93. The van der Waals surface area contributed by atoms with E-state index in [-0.39, 0.29) is 19.6 Å². The summed E-state index contributed by atoms with van der Waals surface area (Å²) in [5.74, 6) is -0.320. The van der Waals surface area contributed by atoms with Crippen molar-refractivity contribution >= 4 is 46.1 Å². The molecule has 0 spiro atoms. The molecule has 0 bridgehead atoms. The summed E-state index contributed by atoms with van der Waals surface area (Å²) in [5.41, 5.74) is 1.40.